The molecule has 2 aromatic heterocycles. The van der Waals surface area contributed by atoms with Crippen molar-refractivity contribution in [3.05, 3.63) is 47.5 Å². The second-order valence-corrected chi connectivity index (χ2v) is 5.91. The molecule has 0 aliphatic heterocycles. The molecule has 0 aliphatic carbocycles. The fourth-order valence-electron chi connectivity index (χ4n) is 2.54. The first-order valence-corrected chi connectivity index (χ1v) is 10.5. The molecule has 1 aromatic carbocycles. The number of carbonyl (C=O) groups excluding carboxylic acids is 1. The molecular formula is C22H30ClN5O3. The van der Waals surface area contributed by atoms with Gasteiger partial charge in [-0.05, 0) is 25.1 Å². The molecule has 31 heavy (non-hydrogen) atoms. The van der Waals surface area contributed by atoms with Crippen molar-refractivity contribution in [2.75, 3.05) is 19.0 Å². The Morgan fingerprint density at radius 2 is 1.87 bits per heavy atom. The third-order valence-corrected chi connectivity index (χ3v) is 3.90. The van der Waals surface area contributed by atoms with E-state index in [1.807, 2.05) is 45.9 Å². The number of aromatic nitrogens is 4. The van der Waals surface area contributed by atoms with Gasteiger partial charge >= 0.3 is 5.97 Å². The summed E-state index contributed by atoms with van der Waals surface area (Å²) in [7, 11) is 3.34. The van der Waals surface area contributed by atoms with Gasteiger partial charge in [0.25, 0.3) is 0 Å². The summed E-state index contributed by atoms with van der Waals surface area (Å²) in [5, 5.41) is 7.73. The molecule has 0 radical (unpaired) electrons. The van der Waals surface area contributed by atoms with Crippen molar-refractivity contribution in [3.8, 4) is 17.1 Å². The number of carbonyl (C=O) groups is 1. The summed E-state index contributed by atoms with van der Waals surface area (Å²) in [5.41, 5.74) is 2.05. The lowest BCUT2D eigenvalue weighted by Gasteiger charge is -2.16. The van der Waals surface area contributed by atoms with Crippen LogP contribution < -0.4 is 10.1 Å². The van der Waals surface area contributed by atoms with Crippen LogP contribution in [0, 0.1) is 0 Å². The normalized spacial score (nSPS) is 9.55. The minimum Gasteiger partial charge on any atom is -0.494 e. The molecule has 1 N–H and O–H groups in total. The Labute approximate surface area is 188 Å². The Hall–Kier alpha value is -3.13. The van der Waals surface area contributed by atoms with Gasteiger partial charge in [-0.15, -0.1) is 0 Å². The van der Waals surface area contributed by atoms with E-state index in [0.29, 0.717) is 28.5 Å². The van der Waals surface area contributed by atoms with Gasteiger partial charge in [-0.3, -0.25) is 4.68 Å². The molecule has 9 heteroatoms. The first-order valence-electron chi connectivity index (χ1n) is 10.2. The Morgan fingerprint density at radius 1 is 1.16 bits per heavy atom. The molecule has 0 saturated carbocycles. The van der Waals surface area contributed by atoms with Crippen LogP contribution in [0.15, 0.2) is 36.8 Å². The average Bonchev–Trinajstić information content (AvgIpc) is 3.22. The molecule has 2 heterocycles. The van der Waals surface area contributed by atoms with Crippen LogP contribution >= 0.6 is 11.6 Å². The molecule has 3 rings (SSSR count). The van der Waals surface area contributed by atoms with E-state index in [2.05, 4.69) is 20.4 Å². The number of hydrogen-bond donors (Lipinski definition) is 1. The summed E-state index contributed by atoms with van der Waals surface area (Å²) >= 11 is 6.01. The van der Waals surface area contributed by atoms with Crippen molar-refractivity contribution >= 4 is 28.9 Å². The number of hydrogen-bond acceptors (Lipinski definition) is 7. The van der Waals surface area contributed by atoms with Crippen LogP contribution in [-0.2, 0) is 11.8 Å². The standard InChI is InChI=1S/C18H18ClN5O3.2C2H6/c1-4-27-18(25)12-9-20-15(19)8-14(12)22-13-7-5-6-11(16(13)26-3)17-21-10-24(2)23-17;2*1-2/h5-10H,4H2,1-3H3,(H,20,22);2*1-2H3. The topological polar surface area (TPSA) is 91.2 Å². The largest absolute Gasteiger partial charge is 0.494 e. The maximum absolute atomic E-state index is 12.2. The van der Waals surface area contributed by atoms with Crippen LogP contribution in [0.5, 0.6) is 5.75 Å². The van der Waals surface area contributed by atoms with Gasteiger partial charge in [-0.1, -0.05) is 45.4 Å². The maximum atomic E-state index is 12.2. The Morgan fingerprint density at radius 3 is 2.45 bits per heavy atom. The molecule has 0 fully saturated rings. The number of nitrogens with zero attached hydrogens (tertiary/aromatic N) is 4. The number of benzene rings is 1. The van der Waals surface area contributed by atoms with E-state index < -0.39 is 5.97 Å². The van der Waals surface area contributed by atoms with Crippen LogP contribution in [0.2, 0.25) is 5.15 Å². The number of halogens is 1. The quantitative estimate of drug-likeness (QED) is 0.393. The van der Waals surface area contributed by atoms with Crippen molar-refractivity contribution in [3.63, 3.8) is 0 Å². The van der Waals surface area contributed by atoms with Gasteiger partial charge in [0.2, 0.25) is 0 Å². The van der Waals surface area contributed by atoms with Gasteiger partial charge in [0.05, 0.1) is 30.7 Å². The molecule has 0 atom stereocenters. The smallest absolute Gasteiger partial charge is 0.341 e. The third-order valence-electron chi connectivity index (χ3n) is 3.69. The lowest BCUT2D eigenvalue weighted by atomic mass is 10.1. The molecular weight excluding hydrogens is 418 g/mol. The lowest BCUT2D eigenvalue weighted by molar-refractivity contribution is 0.0527. The predicted octanol–water partition coefficient (Wildman–Crippen LogP) is 5.51. The first-order chi connectivity index (χ1) is 15.0. The van der Waals surface area contributed by atoms with Gasteiger partial charge < -0.3 is 14.8 Å². The lowest BCUT2D eigenvalue weighted by Crippen LogP contribution is -2.09. The van der Waals surface area contributed by atoms with E-state index in [9.17, 15) is 4.79 Å². The van der Waals surface area contributed by atoms with E-state index in [1.165, 1.54) is 6.20 Å². The summed E-state index contributed by atoms with van der Waals surface area (Å²) in [6.07, 6.45) is 2.98. The highest BCUT2D eigenvalue weighted by Crippen LogP contribution is 2.37. The Bertz CT molecular complexity index is 976. The fourth-order valence-corrected chi connectivity index (χ4v) is 2.70. The summed E-state index contributed by atoms with van der Waals surface area (Å²) in [6.45, 7) is 9.99. The molecule has 0 amide bonds. The van der Waals surface area contributed by atoms with Crippen molar-refractivity contribution in [1.29, 1.82) is 0 Å². The zero-order chi connectivity index (χ0) is 23.4. The van der Waals surface area contributed by atoms with Gasteiger partial charge in [0.15, 0.2) is 11.6 Å². The van der Waals surface area contributed by atoms with E-state index in [0.717, 1.165) is 0 Å². The van der Waals surface area contributed by atoms with E-state index in [1.54, 1.807) is 38.2 Å². The van der Waals surface area contributed by atoms with Gasteiger partial charge in [0, 0.05) is 13.2 Å². The van der Waals surface area contributed by atoms with E-state index >= 15 is 0 Å². The van der Waals surface area contributed by atoms with E-state index in [-0.39, 0.29) is 17.3 Å². The second-order valence-electron chi connectivity index (χ2n) is 5.53. The number of methoxy groups -OCH3 is 1. The molecule has 0 unspecified atom stereocenters. The minimum absolute atomic E-state index is 0.243. The van der Waals surface area contributed by atoms with Gasteiger partial charge in [0.1, 0.15) is 17.0 Å². The van der Waals surface area contributed by atoms with Crippen molar-refractivity contribution in [2.24, 2.45) is 7.05 Å². The number of anilines is 2. The van der Waals surface area contributed by atoms with E-state index in [4.69, 9.17) is 21.1 Å². The highest BCUT2D eigenvalue weighted by molar-refractivity contribution is 6.29. The average molecular weight is 448 g/mol. The molecule has 0 aliphatic rings. The zero-order valence-electron chi connectivity index (χ0n) is 19.1. The monoisotopic (exact) mass is 447 g/mol. The number of para-hydroxylation sites is 1. The van der Waals surface area contributed by atoms with Crippen molar-refractivity contribution < 1.29 is 14.3 Å². The van der Waals surface area contributed by atoms with Crippen molar-refractivity contribution in [1.82, 2.24) is 19.7 Å². The molecule has 0 spiro atoms. The van der Waals surface area contributed by atoms with Crippen LogP contribution in [0.1, 0.15) is 45.0 Å². The summed E-state index contributed by atoms with van der Waals surface area (Å²) < 4.78 is 12.3. The zero-order valence-corrected chi connectivity index (χ0v) is 19.8. The molecule has 0 saturated heterocycles. The number of nitrogens with one attached hydrogen (secondary N) is 1. The Kier molecular flexibility index (Phi) is 11.1. The number of pyridine rings is 1. The Balaban J connectivity index is 0.00000113. The SMILES string of the molecule is CC.CC.CCOC(=O)c1cnc(Cl)cc1Nc1cccc(-c2ncn(C)n2)c1OC. The summed E-state index contributed by atoms with van der Waals surface area (Å²) in [5.74, 6) is 0.563. The molecule has 168 valence electrons. The molecule has 3 aromatic rings. The van der Waals surface area contributed by atoms with Crippen LogP contribution in [0.3, 0.4) is 0 Å². The predicted molar refractivity (Wildman–Crippen MR) is 124 cm³/mol. The van der Waals surface area contributed by atoms with Crippen LogP contribution in [-0.4, -0.2) is 39.4 Å². The fraction of sp³-hybridized carbons (Fsp3) is 0.364. The number of rotatable bonds is 6. The first kappa shape index (κ1) is 25.9. The highest BCUT2D eigenvalue weighted by atomic mass is 35.5. The minimum atomic E-state index is -0.495. The third kappa shape index (κ3) is 6.68. The van der Waals surface area contributed by atoms with Crippen LogP contribution in [0.25, 0.3) is 11.4 Å². The summed E-state index contributed by atoms with van der Waals surface area (Å²) in [4.78, 5) is 20.4. The molecule has 0 bridgehead atoms. The van der Waals surface area contributed by atoms with Crippen LogP contribution in [0.4, 0.5) is 11.4 Å². The second kappa shape index (κ2) is 13.2. The number of esters is 1. The number of aryl methyl sites for hydroxylation is 1. The molecule has 8 nitrogen and oxygen atoms in total. The highest BCUT2D eigenvalue weighted by Gasteiger charge is 2.18. The van der Waals surface area contributed by atoms with Crippen molar-refractivity contribution in [2.45, 2.75) is 34.6 Å². The number of ether oxygens (including phenoxy) is 2. The van der Waals surface area contributed by atoms with Gasteiger partial charge in [-0.2, -0.15) is 5.10 Å². The van der Waals surface area contributed by atoms with Gasteiger partial charge in [-0.25, -0.2) is 14.8 Å². The maximum Gasteiger partial charge on any atom is 0.341 e. The summed E-state index contributed by atoms with van der Waals surface area (Å²) in [6, 6.07) is 7.06.